The molecule has 9 heteroatoms. The van der Waals surface area contributed by atoms with E-state index >= 15 is 0 Å². The first-order valence-corrected chi connectivity index (χ1v) is 10.6. The van der Waals surface area contributed by atoms with Crippen LogP contribution < -0.4 is 9.47 Å². The van der Waals surface area contributed by atoms with Crippen LogP contribution in [0.2, 0.25) is 5.02 Å². The summed E-state index contributed by atoms with van der Waals surface area (Å²) in [7, 11) is 1.91. The van der Waals surface area contributed by atoms with Gasteiger partial charge in [0.1, 0.15) is 6.61 Å². The molecule has 1 atom stereocenters. The van der Waals surface area contributed by atoms with Gasteiger partial charge in [0.25, 0.3) is 0 Å². The maximum Gasteiger partial charge on any atom is 0.205 e. The Hall–Kier alpha value is -2.97. The lowest BCUT2D eigenvalue weighted by Gasteiger charge is -2.25. The molecule has 0 bridgehead atoms. The molecule has 5 rings (SSSR count). The van der Waals surface area contributed by atoms with Gasteiger partial charge >= 0.3 is 0 Å². The highest BCUT2D eigenvalue weighted by Gasteiger charge is 2.27. The smallest absolute Gasteiger partial charge is 0.205 e. The molecule has 2 aromatic heterocycles. The molecule has 1 unspecified atom stereocenters. The molecule has 3 heterocycles. The average Bonchev–Trinajstić information content (AvgIpc) is 3.39. The molecule has 1 aliphatic rings. The molecule has 0 saturated heterocycles. The summed E-state index contributed by atoms with van der Waals surface area (Å²) in [4.78, 5) is 4.36. The first-order valence-electron chi connectivity index (χ1n) is 9.28. The number of halogens is 1. The van der Waals surface area contributed by atoms with Crippen molar-refractivity contribution in [2.45, 2.75) is 17.0 Å². The molecule has 4 aromatic rings. The highest BCUT2D eigenvalue weighted by Crippen LogP contribution is 2.36. The minimum Gasteiger partial charge on any atom is -0.485 e. The monoisotopic (exact) mass is 440 g/mol. The van der Waals surface area contributed by atoms with E-state index in [1.165, 1.54) is 11.8 Å². The molecule has 0 saturated carbocycles. The molecule has 152 valence electrons. The molecule has 30 heavy (non-hydrogen) atoms. The number of ether oxygens (including phenoxy) is 2. The fraction of sp³-hybridized carbons (Fsp3) is 0.190. The van der Waals surface area contributed by atoms with Crippen LogP contribution in [-0.4, -0.2) is 26.4 Å². The zero-order valence-electron chi connectivity index (χ0n) is 16.0. The van der Waals surface area contributed by atoms with Crippen LogP contribution in [0.15, 0.2) is 64.3 Å². The largest absolute Gasteiger partial charge is 0.485 e. The zero-order valence-corrected chi connectivity index (χ0v) is 17.6. The van der Waals surface area contributed by atoms with Gasteiger partial charge in [0.15, 0.2) is 34.3 Å². The van der Waals surface area contributed by atoms with Crippen molar-refractivity contribution in [1.82, 2.24) is 19.7 Å². The number of oxazole rings is 1. The van der Waals surface area contributed by atoms with Crippen molar-refractivity contribution >= 4 is 23.4 Å². The van der Waals surface area contributed by atoms with Gasteiger partial charge < -0.3 is 18.5 Å². The van der Waals surface area contributed by atoms with Crippen LogP contribution in [0.3, 0.4) is 0 Å². The second kappa shape index (κ2) is 8.04. The van der Waals surface area contributed by atoms with Crippen molar-refractivity contribution in [1.29, 1.82) is 0 Å². The fourth-order valence-electron chi connectivity index (χ4n) is 3.16. The maximum absolute atomic E-state index is 6.05. The standard InChI is InChI=1S/C21H17ClN4O3S/c1-26-20(18-11-27-15-7-2-3-8-16(15)28-18)24-25-21(26)30-12-19-23-10-17(29-19)13-5-4-6-14(22)9-13/h2-10,18H,11-12H2,1H3. The Labute approximate surface area is 182 Å². The maximum atomic E-state index is 6.05. The van der Waals surface area contributed by atoms with E-state index in [-0.39, 0.29) is 6.10 Å². The van der Waals surface area contributed by atoms with Crippen LogP contribution in [0.5, 0.6) is 11.5 Å². The molecule has 0 amide bonds. The zero-order chi connectivity index (χ0) is 20.5. The van der Waals surface area contributed by atoms with E-state index in [9.17, 15) is 0 Å². The number of nitrogens with zero attached hydrogens (tertiary/aromatic N) is 4. The molecule has 0 N–H and O–H groups in total. The number of benzene rings is 2. The van der Waals surface area contributed by atoms with Gasteiger partial charge in [-0.25, -0.2) is 4.98 Å². The Morgan fingerprint density at radius 2 is 2.00 bits per heavy atom. The first-order chi connectivity index (χ1) is 14.7. The number of hydrogen-bond donors (Lipinski definition) is 0. The topological polar surface area (TPSA) is 75.2 Å². The predicted molar refractivity (Wildman–Crippen MR) is 113 cm³/mol. The van der Waals surface area contributed by atoms with Crippen LogP contribution in [-0.2, 0) is 12.8 Å². The van der Waals surface area contributed by atoms with Crippen LogP contribution in [0.25, 0.3) is 11.3 Å². The van der Waals surface area contributed by atoms with E-state index in [1.807, 2.05) is 60.1 Å². The summed E-state index contributed by atoms with van der Waals surface area (Å²) in [6.45, 7) is 0.385. The van der Waals surface area contributed by atoms with Gasteiger partial charge in [-0.1, -0.05) is 47.6 Å². The molecule has 0 fully saturated rings. The van der Waals surface area contributed by atoms with Crippen LogP contribution >= 0.6 is 23.4 Å². The highest BCUT2D eigenvalue weighted by molar-refractivity contribution is 7.98. The molecule has 0 aliphatic carbocycles. The number of hydrogen-bond acceptors (Lipinski definition) is 7. The van der Waals surface area contributed by atoms with Gasteiger partial charge in [0.05, 0.1) is 11.9 Å². The number of thioether (sulfide) groups is 1. The van der Waals surface area contributed by atoms with Gasteiger partial charge in [-0.15, -0.1) is 10.2 Å². The van der Waals surface area contributed by atoms with Crippen molar-refractivity contribution in [2.75, 3.05) is 6.61 Å². The third-order valence-corrected chi connectivity index (χ3v) is 5.89. The Bertz CT molecular complexity index is 1190. The Morgan fingerprint density at radius 3 is 2.87 bits per heavy atom. The quantitative estimate of drug-likeness (QED) is 0.407. The van der Waals surface area contributed by atoms with Crippen molar-refractivity contribution in [3.05, 3.63) is 71.5 Å². The lowest BCUT2D eigenvalue weighted by Crippen LogP contribution is -2.24. The van der Waals surface area contributed by atoms with Gasteiger partial charge in [0, 0.05) is 17.6 Å². The summed E-state index contributed by atoms with van der Waals surface area (Å²) in [6.07, 6.45) is 1.39. The minimum absolute atomic E-state index is 0.317. The van der Waals surface area contributed by atoms with E-state index in [1.54, 1.807) is 6.20 Å². The second-order valence-corrected chi connectivity index (χ2v) is 8.06. The summed E-state index contributed by atoms with van der Waals surface area (Å²) in [5, 5.41) is 10.0. The SMILES string of the molecule is Cn1c(SCc2ncc(-c3cccc(Cl)c3)o2)nnc1C1COc2ccccc2O1. The number of fused-ring (bicyclic) bond motifs is 1. The molecule has 0 spiro atoms. The summed E-state index contributed by atoms with van der Waals surface area (Å²) >= 11 is 7.54. The van der Waals surface area contributed by atoms with Crippen molar-refractivity contribution in [2.24, 2.45) is 7.05 Å². The first kappa shape index (κ1) is 19.0. The van der Waals surface area contributed by atoms with Gasteiger partial charge in [0.2, 0.25) is 5.89 Å². The van der Waals surface area contributed by atoms with Crippen LogP contribution in [0.1, 0.15) is 17.8 Å². The van der Waals surface area contributed by atoms with E-state index in [2.05, 4.69) is 15.2 Å². The van der Waals surface area contributed by atoms with E-state index in [0.717, 1.165) is 16.5 Å². The van der Waals surface area contributed by atoms with Gasteiger partial charge in [-0.3, -0.25) is 0 Å². The average molecular weight is 441 g/mol. The fourth-order valence-corrected chi connectivity index (χ4v) is 4.12. The third-order valence-electron chi connectivity index (χ3n) is 4.65. The summed E-state index contributed by atoms with van der Waals surface area (Å²) in [5.74, 6) is 3.96. The Balaban J connectivity index is 1.27. The normalized spacial score (nSPS) is 15.3. The van der Waals surface area contributed by atoms with Crippen LogP contribution in [0, 0.1) is 0 Å². The summed E-state index contributed by atoms with van der Waals surface area (Å²) < 4.78 is 19.6. The molecule has 1 aliphatic heterocycles. The van der Waals surface area contributed by atoms with Crippen LogP contribution in [0.4, 0.5) is 0 Å². The molecular weight excluding hydrogens is 424 g/mol. The van der Waals surface area contributed by atoms with Crippen molar-refractivity contribution in [3.8, 4) is 22.8 Å². The van der Waals surface area contributed by atoms with Crippen molar-refractivity contribution < 1.29 is 13.9 Å². The van der Waals surface area contributed by atoms with Crippen molar-refractivity contribution in [3.63, 3.8) is 0 Å². The van der Waals surface area contributed by atoms with E-state index in [4.69, 9.17) is 25.5 Å². The lowest BCUT2D eigenvalue weighted by atomic mass is 10.2. The lowest BCUT2D eigenvalue weighted by molar-refractivity contribution is 0.0825. The third kappa shape index (κ3) is 3.76. The number of aromatic nitrogens is 4. The predicted octanol–water partition coefficient (Wildman–Crippen LogP) is 4.93. The molecule has 7 nitrogen and oxygen atoms in total. The van der Waals surface area contributed by atoms with E-state index < -0.39 is 0 Å². The molecule has 2 aromatic carbocycles. The minimum atomic E-state index is -0.317. The Kier molecular flexibility index (Phi) is 5.10. The van der Waals surface area contributed by atoms with Gasteiger partial charge in [-0.05, 0) is 24.3 Å². The second-order valence-electron chi connectivity index (χ2n) is 6.68. The molecule has 0 radical (unpaired) electrons. The summed E-state index contributed by atoms with van der Waals surface area (Å²) in [5.41, 5.74) is 0.891. The molecular formula is C21H17ClN4O3S. The Morgan fingerprint density at radius 1 is 1.13 bits per heavy atom. The summed E-state index contributed by atoms with van der Waals surface area (Å²) in [6, 6.07) is 15.1. The number of rotatable bonds is 5. The highest BCUT2D eigenvalue weighted by atomic mass is 35.5. The number of para-hydroxylation sites is 2. The van der Waals surface area contributed by atoms with Gasteiger partial charge in [-0.2, -0.15) is 0 Å². The van der Waals surface area contributed by atoms with E-state index in [0.29, 0.717) is 40.6 Å².